The van der Waals surface area contributed by atoms with Gasteiger partial charge in [0.25, 0.3) is 0 Å². The Hall–Kier alpha value is -2.05. The zero-order chi connectivity index (χ0) is 14.8. The SMILES string of the molecule is O=C(O)Nc1ccc(S(=O)(=O)c2ccc(Cl)cc2)cc1. The van der Waals surface area contributed by atoms with Crippen molar-refractivity contribution in [2.24, 2.45) is 0 Å². The third-order valence-electron chi connectivity index (χ3n) is 2.54. The molecule has 0 spiro atoms. The molecule has 5 nitrogen and oxygen atoms in total. The number of amides is 1. The highest BCUT2D eigenvalue weighted by Crippen LogP contribution is 2.23. The zero-order valence-electron chi connectivity index (χ0n) is 10.1. The van der Waals surface area contributed by atoms with Crippen LogP contribution in [-0.2, 0) is 9.84 Å². The van der Waals surface area contributed by atoms with Gasteiger partial charge in [-0.25, -0.2) is 13.2 Å². The molecule has 0 heterocycles. The van der Waals surface area contributed by atoms with Gasteiger partial charge in [-0.3, -0.25) is 5.32 Å². The first kappa shape index (κ1) is 14.4. The quantitative estimate of drug-likeness (QED) is 0.911. The molecule has 0 aromatic heterocycles. The van der Waals surface area contributed by atoms with Crippen molar-refractivity contribution in [2.75, 3.05) is 5.32 Å². The number of carboxylic acid groups (broad SMARTS) is 1. The number of benzene rings is 2. The second-order valence-corrected chi connectivity index (χ2v) is 6.30. The van der Waals surface area contributed by atoms with Gasteiger partial charge >= 0.3 is 6.09 Å². The Balaban J connectivity index is 2.34. The monoisotopic (exact) mass is 311 g/mol. The number of hydrogen-bond donors (Lipinski definition) is 2. The van der Waals surface area contributed by atoms with E-state index in [9.17, 15) is 13.2 Å². The van der Waals surface area contributed by atoms with E-state index in [0.29, 0.717) is 10.7 Å². The van der Waals surface area contributed by atoms with Crippen LogP contribution in [0, 0.1) is 0 Å². The lowest BCUT2D eigenvalue weighted by molar-refractivity contribution is 0.209. The van der Waals surface area contributed by atoms with E-state index < -0.39 is 15.9 Å². The van der Waals surface area contributed by atoms with E-state index >= 15 is 0 Å². The number of carbonyl (C=O) groups is 1. The van der Waals surface area contributed by atoms with E-state index in [0.717, 1.165) is 0 Å². The second-order valence-electron chi connectivity index (χ2n) is 3.91. The number of anilines is 1. The predicted octanol–water partition coefficient (Wildman–Crippen LogP) is 3.26. The Morgan fingerprint density at radius 3 is 1.85 bits per heavy atom. The third-order valence-corrected chi connectivity index (χ3v) is 4.58. The minimum Gasteiger partial charge on any atom is -0.465 e. The fourth-order valence-corrected chi connectivity index (χ4v) is 2.98. The normalized spacial score (nSPS) is 11.1. The number of sulfone groups is 1. The van der Waals surface area contributed by atoms with Gasteiger partial charge in [-0.05, 0) is 48.5 Å². The fourth-order valence-electron chi connectivity index (χ4n) is 1.59. The van der Waals surface area contributed by atoms with Crippen LogP contribution in [0.5, 0.6) is 0 Å². The van der Waals surface area contributed by atoms with Crippen LogP contribution in [0.1, 0.15) is 0 Å². The molecule has 0 saturated heterocycles. The molecule has 1 amide bonds. The van der Waals surface area contributed by atoms with Crippen molar-refractivity contribution in [1.29, 1.82) is 0 Å². The van der Waals surface area contributed by atoms with Crippen LogP contribution in [0.25, 0.3) is 0 Å². The van der Waals surface area contributed by atoms with E-state index in [2.05, 4.69) is 5.32 Å². The summed E-state index contributed by atoms with van der Waals surface area (Å²) in [6.45, 7) is 0. The Bertz CT molecular complexity index is 724. The van der Waals surface area contributed by atoms with E-state index in [1.165, 1.54) is 48.5 Å². The zero-order valence-corrected chi connectivity index (χ0v) is 11.6. The largest absolute Gasteiger partial charge is 0.465 e. The molecule has 7 heteroatoms. The van der Waals surface area contributed by atoms with Crippen LogP contribution in [-0.4, -0.2) is 19.6 Å². The van der Waals surface area contributed by atoms with Crippen molar-refractivity contribution >= 4 is 33.2 Å². The molecule has 20 heavy (non-hydrogen) atoms. The summed E-state index contributed by atoms with van der Waals surface area (Å²) in [6.07, 6.45) is -1.21. The van der Waals surface area contributed by atoms with E-state index in [1.807, 2.05) is 0 Å². The van der Waals surface area contributed by atoms with Gasteiger partial charge in [0.1, 0.15) is 0 Å². The average Bonchev–Trinajstić information content (AvgIpc) is 2.39. The lowest BCUT2D eigenvalue weighted by atomic mass is 10.3. The number of halogens is 1. The molecule has 0 saturated carbocycles. The average molecular weight is 312 g/mol. The van der Waals surface area contributed by atoms with Gasteiger partial charge in [0.05, 0.1) is 9.79 Å². The van der Waals surface area contributed by atoms with Crippen molar-refractivity contribution < 1.29 is 18.3 Å². The van der Waals surface area contributed by atoms with Gasteiger partial charge in [0.15, 0.2) is 0 Å². The highest BCUT2D eigenvalue weighted by atomic mass is 35.5. The van der Waals surface area contributed by atoms with Crippen LogP contribution in [0.2, 0.25) is 5.02 Å². The molecule has 2 aromatic carbocycles. The maximum absolute atomic E-state index is 12.3. The molecule has 0 radical (unpaired) electrons. The fraction of sp³-hybridized carbons (Fsp3) is 0. The number of nitrogens with one attached hydrogen (secondary N) is 1. The molecule has 0 atom stereocenters. The molecule has 0 aliphatic carbocycles. The maximum Gasteiger partial charge on any atom is 0.409 e. The molecule has 104 valence electrons. The minimum atomic E-state index is -3.63. The Labute approximate surface area is 120 Å². The van der Waals surface area contributed by atoms with Gasteiger partial charge in [-0.15, -0.1) is 0 Å². The molecule has 2 N–H and O–H groups in total. The Morgan fingerprint density at radius 2 is 1.40 bits per heavy atom. The van der Waals surface area contributed by atoms with Gasteiger partial charge in [0.2, 0.25) is 9.84 Å². The first-order valence-electron chi connectivity index (χ1n) is 5.50. The standard InChI is InChI=1S/C13H10ClNO4S/c14-9-1-5-11(6-2-9)20(18,19)12-7-3-10(4-8-12)15-13(16)17/h1-8,15H,(H,16,17). The molecule has 0 aliphatic heterocycles. The maximum atomic E-state index is 12.3. The van der Waals surface area contributed by atoms with Crippen LogP contribution in [0.3, 0.4) is 0 Å². The van der Waals surface area contributed by atoms with E-state index in [-0.39, 0.29) is 9.79 Å². The highest BCUT2D eigenvalue weighted by Gasteiger charge is 2.17. The lowest BCUT2D eigenvalue weighted by Crippen LogP contribution is -2.07. The Kier molecular flexibility index (Phi) is 3.96. The molecule has 2 rings (SSSR count). The first-order valence-corrected chi connectivity index (χ1v) is 7.36. The summed E-state index contributed by atoms with van der Waals surface area (Å²) in [5, 5.41) is 11.1. The van der Waals surface area contributed by atoms with Crippen LogP contribution >= 0.6 is 11.6 Å². The van der Waals surface area contributed by atoms with Gasteiger partial charge in [-0.2, -0.15) is 0 Å². The van der Waals surface area contributed by atoms with E-state index in [1.54, 1.807) is 0 Å². The first-order chi connectivity index (χ1) is 9.39. The van der Waals surface area contributed by atoms with Crippen molar-refractivity contribution in [3.05, 3.63) is 53.6 Å². The van der Waals surface area contributed by atoms with Crippen molar-refractivity contribution in [2.45, 2.75) is 9.79 Å². The highest BCUT2D eigenvalue weighted by molar-refractivity contribution is 7.91. The Morgan fingerprint density at radius 1 is 0.950 bits per heavy atom. The summed E-state index contributed by atoms with van der Waals surface area (Å²) in [5.74, 6) is 0. The summed E-state index contributed by atoms with van der Waals surface area (Å²) in [5.41, 5.74) is 0.299. The summed E-state index contributed by atoms with van der Waals surface area (Å²) in [6, 6.07) is 11.3. The van der Waals surface area contributed by atoms with Crippen molar-refractivity contribution in [3.63, 3.8) is 0 Å². The molecule has 2 aromatic rings. The van der Waals surface area contributed by atoms with Crippen LogP contribution in [0.15, 0.2) is 58.3 Å². The number of hydrogen-bond acceptors (Lipinski definition) is 3. The summed E-state index contributed by atoms with van der Waals surface area (Å²) < 4.78 is 24.6. The summed E-state index contributed by atoms with van der Waals surface area (Å²) in [4.78, 5) is 10.7. The topological polar surface area (TPSA) is 83.5 Å². The molecule has 0 aliphatic rings. The molecular formula is C13H10ClNO4S. The molecular weight excluding hydrogens is 302 g/mol. The minimum absolute atomic E-state index is 0.0794. The smallest absolute Gasteiger partial charge is 0.409 e. The molecule has 0 unspecified atom stereocenters. The van der Waals surface area contributed by atoms with Crippen LogP contribution < -0.4 is 5.32 Å². The van der Waals surface area contributed by atoms with Gasteiger partial charge in [0, 0.05) is 10.7 Å². The van der Waals surface area contributed by atoms with Crippen molar-refractivity contribution in [3.8, 4) is 0 Å². The van der Waals surface area contributed by atoms with Gasteiger partial charge in [-0.1, -0.05) is 11.6 Å². The van der Waals surface area contributed by atoms with E-state index in [4.69, 9.17) is 16.7 Å². The number of rotatable bonds is 3. The second kappa shape index (κ2) is 5.52. The summed E-state index contributed by atoms with van der Waals surface area (Å²) >= 11 is 5.72. The molecule has 0 bridgehead atoms. The van der Waals surface area contributed by atoms with Crippen LogP contribution in [0.4, 0.5) is 10.5 Å². The van der Waals surface area contributed by atoms with Crippen molar-refractivity contribution in [1.82, 2.24) is 0 Å². The lowest BCUT2D eigenvalue weighted by Gasteiger charge is -2.06. The predicted molar refractivity (Wildman–Crippen MR) is 75.0 cm³/mol. The molecule has 0 fully saturated rings. The third kappa shape index (κ3) is 3.09. The van der Waals surface area contributed by atoms with Gasteiger partial charge < -0.3 is 5.11 Å². The summed E-state index contributed by atoms with van der Waals surface area (Å²) in [7, 11) is -3.63.